The van der Waals surface area contributed by atoms with Gasteiger partial charge in [-0.15, -0.1) is 0 Å². The number of carbonyl (C=O) groups excluding carboxylic acids is 2. The predicted octanol–water partition coefficient (Wildman–Crippen LogP) is 4.68. The molecule has 2 atom stereocenters. The lowest BCUT2D eigenvalue weighted by Crippen LogP contribution is -2.38. The van der Waals surface area contributed by atoms with Crippen LogP contribution < -0.4 is 10.6 Å². The van der Waals surface area contributed by atoms with E-state index in [9.17, 15) is 14.7 Å². The second-order valence-electron chi connectivity index (χ2n) is 11.2. The van der Waals surface area contributed by atoms with Crippen LogP contribution in [0.4, 0.5) is 11.6 Å². The Morgan fingerprint density at radius 2 is 1.95 bits per heavy atom. The van der Waals surface area contributed by atoms with Crippen molar-refractivity contribution >= 4 is 23.5 Å². The van der Waals surface area contributed by atoms with Crippen LogP contribution in [0.25, 0.3) is 11.1 Å². The summed E-state index contributed by atoms with van der Waals surface area (Å²) in [5, 5.41) is 22.9. The molecule has 9 heteroatoms. The highest BCUT2D eigenvalue weighted by Crippen LogP contribution is 2.39. The van der Waals surface area contributed by atoms with Gasteiger partial charge in [0.25, 0.3) is 0 Å². The van der Waals surface area contributed by atoms with Crippen LogP contribution in [0.1, 0.15) is 62.6 Å². The summed E-state index contributed by atoms with van der Waals surface area (Å²) in [6.45, 7) is 6.29. The Hall–Kier alpha value is -3.82. The summed E-state index contributed by atoms with van der Waals surface area (Å²) in [5.41, 5.74) is 3.84. The Morgan fingerprint density at radius 1 is 1.10 bits per heavy atom. The highest BCUT2D eigenvalue weighted by atomic mass is 16.3. The van der Waals surface area contributed by atoms with Crippen molar-refractivity contribution in [3.05, 3.63) is 72.1 Å². The number of anilines is 2. The summed E-state index contributed by atoms with van der Waals surface area (Å²) in [6.07, 6.45) is 8.91. The molecule has 5 rings (SSSR count). The van der Waals surface area contributed by atoms with Gasteiger partial charge >= 0.3 is 0 Å². The number of rotatable bonds is 10. The molecule has 1 aliphatic carbocycles. The Bertz CT molecular complexity index is 1350. The van der Waals surface area contributed by atoms with E-state index in [1.54, 1.807) is 12.3 Å². The summed E-state index contributed by atoms with van der Waals surface area (Å²) in [6, 6.07) is 13.6. The predicted molar refractivity (Wildman–Crippen MR) is 156 cm³/mol. The number of nitrogens with zero attached hydrogens (tertiary/aromatic N) is 3. The molecule has 9 nitrogen and oxygen atoms in total. The molecule has 3 heterocycles. The topological polar surface area (TPSA) is 123 Å². The lowest BCUT2D eigenvalue weighted by molar-refractivity contribution is -0.118. The fraction of sp³-hybridized carbons (Fsp3) is 0.419. The van der Waals surface area contributed by atoms with Gasteiger partial charge in [-0.05, 0) is 61.4 Å². The molecule has 1 saturated heterocycles. The number of nitrogens with one attached hydrogen (secondary N) is 3. The number of aliphatic hydroxyl groups is 1. The standard InChI is InChI=1S/C31H38N6O3/c1-20(2)30(31(40)34-28-17-26(35-36-28)21-10-11-21)23-7-3-6-22(16-23)24-12-13-27(32-18-24)33-29(39)9-5-15-37-14-4-8-25(38)19-37/h3,5-7,9,12-13,16-18,20-21,25,30,38H,4,8,10-11,14-15,19H2,1-2H3,(H,32,33,39)(H2,34,35,36,40)/b9-5+. The van der Waals surface area contributed by atoms with Crippen molar-refractivity contribution in [2.75, 3.05) is 30.3 Å². The maximum atomic E-state index is 13.3. The zero-order valence-corrected chi connectivity index (χ0v) is 23.1. The highest BCUT2D eigenvalue weighted by Gasteiger charge is 2.28. The number of pyridine rings is 1. The van der Waals surface area contributed by atoms with Gasteiger partial charge in [0.15, 0.2) is 5.82 Å². The fourth-order valence-electron chi connectivity index (χ4n) is 5.27. The van der Waals surface area contributed by atoms with Crippen molar-refractivity contribution in [2.45, 2.75) is 57.5 Å². The van der Waals surface area contributed by atoms with Gasteiger partial charge in [0, 0.05) is 48.6 Å². The fourth-order valence-corrected chi connectivity index (χ4v) is 5.27. The van der Waals surface area contributed by atoms with Gasteiger partial charge in [0.1, 0.15) is 5.82 Å². The van der Waals surface area contributed by atoms with Gasteiger partial charge in [-0.2, -0.15) is 5.10 Å². The normalized spacial score (nSPS) is 18.6. The number of aromatic amines is 1. The number of benzene rings is 1. The van der Waals surface area contributed by atoms with Crippen LogP contribution >= 0.6 is 0 Å². The number of hydrogen-bond donors (Lipinski definition) is 4. The number of likely N-dealkylation sites (tertiary alicyclic amines) is 1. The van der Waals surface area contributed by atoms with E-state index in [1.807, 2.05) is 56.3 Å². The van der Waals surface area contributed by atoms with E-state index < -0.39 is 0 Å². The summed E-state index contributed by atoms with van der Waals surface area (Å²) in [7, 11) is 0. The summed E-state index contributed by atoms with van der Waals surface area (Å²) < 4.78 is 0. The molecule has 1 aromatic carbocycles. The number of aromatic nitrogens is 3. The average Bonchev–Trinajstić information content (AvgIpc) is 3.68. The van der Waals surface area contributed by atoms with Gasteiger partial charge < -0.3 is 15.7 Å². The molecule has 2 unspecified atom stereocenters. The molecule has 1 aliphatic heterocycles. The minimum atomic E-state index is -0.340. The number of H-pyrrole nitrogens is 1. The molecule has 2 fully saturated rings. The summed E-state index contributed by atoms with van der Waals surface area (Å²) in [5.74, 6) is 0.991. The van der Waals surface area contributed by atoms with Gasteiger partial charge in [-0.1, -0.05) is 44.2 Å². The first-order chi connectivity index (χ1) is 19.4. The second-order valence-corrected chi connectivity index (χ2v) is 11.2. The van der Waals surface area contributed by atoms with Crippen LogP contribution in [-0.2, 0) is 9.59 Å². The van der Waals surface area contributed by atoms with Crippen LogP contribution in [0.2, 0.25) is 0 Å². The maximum Gasteiger partial charge on any atom is 0.249 e. The SMILES string of the molecule is CC(C)C(C(=O)Nc1cc(C2CC2)[nH]n1)c1cccc(-c2ccc(NC(=O)/C=C/CN3CCCC(O)C3)nc2)c1. The molecule has 0 bridgehead atoms. The number of amides is 2. The van der Waals surface area contributed by atoms with Crippen molar-refractivity contribution in [1.82, 2.24) is 20.1 Å². The molecule has 4 N–H and O–H groups in total. The third-order valence-electron chi connectivity index (χ3n) is 7.52. The lowest BCUT2D eigenvalue weighted by Gasteiger charge is -2.28. The molecule has 0 radical (unpaired) electrons. The van der Waals surface area contributed by atoms with Gasteiger partial charge in [-0.3, -0.25) is 19.6 Å². The Labute approximate surface area is 235 Å². The Morgan fingerprint density at radius 3 is 2.67 bits per heavy atom. The van der Waals surface area contributed by atoms with E-state index in [0.29, 0.717) is 30.6 Å². The van der Waals surface area contributed by atoms with E-state index in [-0.39, 0.29) is 29.8 Å². The number of carbonyl (C=O) groups is 2. The van der Waals surface area contributed by atoms with Crippen molar-refractivity contribution in [3.8, 4) is 11.1 Å². The Balaban J connectivity index is 1.20. The zero-order valence-electron chi connectivity index (χ0n) is 23.1. The quantitative estimate of drug-likeness (QED) is 0.276. The van der Waals surface area contributed by atoms with Crippen molar-refractivity contribution < 1.29 is 14.7 Å². The largest absolute Gasteiger partial charge is 0.392 e. The summed E-state index contributed by atoms with van der Waals surface area (Å²) in [4.78, 5) is 32.2. The number of β-amino-alcohol motifs (C(OH)–C–C–N with tert-alkyl or cyclic N) is 1. The molecular formula is C31H38N6O3. The molecule has 3 aromatic rings. The van der Waals surface area contributed by atoms with Crippen molar-refractivity contribution in [1.29, 1.82) is 0 Å². The number of hydrogen-bond acceptors (Lipinski definition) is 6. The van der Waals surface area contributed by atoms with Gasteiger partial charge in [0.05, 0.1) is 12.0 Å². The minimum Gasteiger partial charge on any atom is -0.392 e. The smallest absolute Gasteiger partial charge is 0.249 e. The minimum absolute atomic E-state index is 0.0818. The van der Waals surface area contributed by atoms with Crippen molar-refractivity contribution in [3.63, 3.8) is 0 Å². The second kappa shape index (κ2) is 12.6. The molecule has 40 heavy (non-hydrogen) atoms. The maximum absolute atomic E-state index is 13.3. The number of piperidine rings is 1. The molecule has 2 aromatic heterocycles. The zero-order chi connectivity index (χ0) is 28.1. The summed E-state index contributed by atoms with van der Waals surface area (Å²) >= 11 is 0. The molecular weight excluding hydrogens is 504 g/mol. The van der Waals surface area contributed by atoms with Crippen LogP contribution in [0, 0.1) is 5.92 Å². The van der Waals surface area contributed by atoms with Gasteiger partial charge in [-0.25, -0.2) is 4.98 Å². The van der Waals surface area contributed by atoms with E-state index in [4.69, 9.17) is 0 Å². The first-order valence-corrected chi connectivity index (χ1v) is 14.2. The highest BCUT2D eigenvalue weighted by molar-refractivity contribution is 5.98. The molecule has 2 amide bonds. The molecule has 210 valence electrons. The Kier molecular flexibility index (Phi) is 8.72. The molecule has 0 spiro atoms. The third-order valence-corrected chi connectivity index (χ3v) is 7.52. The van der Waals surface area contributed by atoms with E-state index >= 15 is 0 Å². The van der Waals surface area contributed by atoms with E-state index in [1.165, 1.54) is 18.9 Å². The van der Waals surface area contributed by atoms with Gasteiger partial charge in [0.2, 0.25) is 11.8 Å². The average molecular weight is 543 g/mol. The molecule has 1 saturated carbocycles. The third kappa shape index (κ3) is 7.22. The first-order valence-electron chi connectivity index (χ1n) is 14.2. The van der Waals surface area contributed by atoms with Crippen LogP contribution in [0.15, 0.2) is 60.8 Å². The van der Waals surface area contributed by atoms with E-state index in [2.05, 4.69) is 30.7 Å². The molecule has 2 aliphatic rings. The lowest BCUT2D eigenvalue weighted by atomic mass is 9.86. The van der Waals surface area contributed by atoms with Crippen LogP contribution in [0.3, 0.4) is 0 Å². The van der Waals surface area contributed by atoms with E-state index in [0.717, 1.165) is 41.8 Å². The first kappa shape index (κ1) is 27.7. The van der Waals surface area contributed by atoms with Crippen LogP contribution in [-0.4, -0.2) is 62.7 Å². The van der Waals surface area contributed by atoms with Crippen molar-refractivity contribution in [2.24, 2.45) is 5.92 Å². The van der Waals surface area contributed by atoms with Crippen LogP contribution in [0.5, 0.6) is 0 Å². The monoisotopic (exact) mass is 542 g/mol. The number of aliphatic hydroxyl groups excluding tert-OH is 1.